The van der Waals surface area contributed by atoms with Crippen molar-refractivity contribution in [3.8, 4) is 0 Å². The quantitative estimate of drug-likeness (QED) is 0.596. The summed E-state index contributed by atoms with van der Waals surface area (Å²) in [7, 11) is 0. The van der Waals surface area contributed by atoms with Crippen molar-refractivity contribution in [3.63, 3.8) is 0 Å². The summed E-state index contributed by atoms with van der Waals surface area (Å²) in [5, 5.41) is 2.78. The van der Waals surface area contributed by atoms with Gasteiger partial charge in [-0.05, 0) is 20.3 Å². The van der Waals surface area contributed by atoms with E-state index in [1.165, 1.54) is 0 Å². The second-order valence-corrected chi connectivity index (χ2v) is 4.02. The smallest absolute Gasteiger partial charge is 0.221 e. The predicted molar refractivity (Wildman–Crippen MR) is 61.6 cm³/mol. The third-order valence-corrected chi connectivity index (χ3v) is 1.98. The van der Waals surface area contributed by atoms with Crippen LogP contribution in [-0.2, 0) is 9.53 Å². The SMILES string of the molecule is CCCC(N)CC(=O)NCCOC(C)C. The van der Waals surface area contributed by atoms with Crippen LogP contribution in [-0.4, -0.2) is 31.2 Å². The fraction of sp³-hybridized carbons (Fsp3) is 0.909. The normalized spacial score (nSPS) is 12.9. The van der Waals surface area contributed by atoms with Crippen LogP contribution in [0, 0.1) is 0 Å². The standard InChI is InChI=1S/C11H24N2O2/c1-4-5-10(12)8-11(14)13-6-7-15-9(2)3/h9-10H,4-8,12H2,1-3H3,(H,13,14). The summed E-state index contributed by atoms with van der Waals surface area (Å²) in [6, 6.07) is -0.0129. The second-order valence-electron chi connectivity index (χ2n) is 4.02. The van der Waals surface area contributed by atoms with Gasteiger partial charge in [-0.15, -0.1) is 0 Å². The molecule has 0 aliphatic rings. The monoisotopic (exact) mass is 216 g/mol. The molecule has 0 aromatic heterocycles. The van der Waals surface area contributed by atoms with Crippen LogP contribution in [0.15, 0.2) is 0 Å². The summed E-state index contributed by atoms with van der Waals surface area (Å²) in [6.07, 6.45) is 2.54. The second kappa shape index (κ2) is 8.68. The molecule has 0 rings (SSSR count). The number of hydrogen-bond donors (Lipinski definition) is 2. The first-order valence-electron chi connectivity index (χ1n) is 5.70. The number of amides is 1. The van der Waals surface area contributed by atoms with Gasteiger partial charge in [-0.2, -0.15) is 0 Å². The molecule has 0 aromatic rings. The summed E-state index contributed by atoms with van der Waals surface area (Å²) in [5.74, 6) is 0.0170. The average molecular weight is 216 g/mol. The number of ether oxygens (including phenoxy) is 1. The van der Waals surface area contributed by atoms with Gasteiger partial charge in [0.15, 0.2) is 0 Å². The lowest BCUT2D eigenvalue weighted by Gasteiger charge is -2.11. The first-order valence-corrected chi connectivity index (χ1v) is 5.70. The first kappa shape index (κ1) is 14.4. The van der Waals surface area contributed by atoms with E-state index in [9.17, 15) is 4.79 Å². The van der Waals surface area contributed by atoms with Crippen molar-refractivity contribution in [1.82, 2.24) is 5.32 Å². The van der Waals surface area contributed by atoms with Crippen molar-refractivity contribution >= 4 is 5.91 Å². The fourth-order valence-corrected chi connectivity index (χ4v) is 1.27. The lowest BCUT2D eigenvalue weighted by atomic mass is 10.1. The maximum Gasteiger partial charge on any atom is 0.221 e. The Labute approximate surface area is 92.6 Å². The number of nitrogens with two attached hydrogens (primary N) is 1. The molecule has 0 saturated heterocycles. The van der Waals surface area contributed by atoms with Gasteiger partial charge < -0.3 is 15.8 Å². The van der Waals surface area contributed by atoms with Gasteiger partial charge in [0.2, 0.25) is 5.91 Å². The van der Waals surface area contributed by atoms with E-state index in [1.807, 2.05) is 13.8 Å². The van der Waals surface area contributed by atoms with E-state index in [-0.39, 0.29) is 18.1 Å². The van der Waals surface area contributed by atoms with Crippen molar-refractivity contribution in [2.75, 3.05) is 13.2 Å². The summed E-state index contributed by atoms with van der Waals surface area (Å²) in [6.45, 7) is 7.13. The Bertz CT molecular complexity index is 172. The number of hydrogen-bond acceptors (Lipinski definition) is 3. The molecule has 0 heterocycles. The van der Waals surface area contributed by atoms with Crippen molar-refractivity contribution in [3.05, 3.63) is 0 Å². The molecule has 0 spiro atoms. The van der Waals surface area contributed by atoms with Gasteiger partial charge in [0.25, 0.3) is 0 Å². The Morgan fingerprint density at radius 2 is 2.13 bits per heavy atom. The molecule has 1 atom stereocenters. The molecule has 4 nitrogen and oxygen atoms in total. The molecule has 15 heavy (non-hydrogen) atoms. The lowest BCUT2D eigenvalue weighted by molar-refractivity contribution is -0.121. The zero-order chi connectivity index (χ0) is 11.7. The van der Waals surface area contributed by atoms with Crippen molar-refractivity contribution < 1.29 is 9.53 Å². The van der Waals surface area contributed by atoms with E-state index in [0.717, 1.165) is 12.8 Å². The molecule has 90 valence electrons. The Balaban J connectivity index is 3.40. The van der Waals surface area contributed by atoms with Gasteiger partial charge in [0.1, 0.15) is 0 Å². The van der Waals surface area contributed by atoms with Crippen molar-refractivity contribution in [2.45, 2.75) is 52.2 Å². The lowest BCUT2D eigenvalue weighted by Crippen LogP contribution is -2.33. The molecule has 4 heteroatoms. The summed E-state index contributed by atoms with van der Waals surface area (Å²) < 4.78 is 5.30. The van der Waals surface area contributed by atoms with Crippen LogP contribution >= 0.6 is 0 Å². The van der Waals surface area contributed by atoms with Crippen molar-refractivity contribution in [2.24, 2.45) is 5.73 Å². The molecule has 0 aliphatic carbocycles. The van der Waals surface area contributed by atoms with E-state index in [1.54, 1.807) is 0 Å². The minimum atomic E-state index is -0.0129. The maximum atomic E-state index is 11.3. The number of carbonyl (C=O) groups is 1. The molecule has 0 bridgehead atoms. The van der Waals surface area contributed by atoms with E-state index < -0.39 is 0 Å². The van der Waals surface area contributed by atoms with Gasteiger partial charge in [-0.3, -0.25) is 4.79 Å². The van der Waals surface area contributed by atoms with Crippen LogP contribution in [0.1, 0.15) is 40.0 Å². The van der Waals surface area contributed by atoms with Crippen LogP contribution < -0.4 is 11.1 Å². The zero-order valence-electron chi connectivity index (χ0n) is 10.1. The topological polar surface area (TPSA) is 64.4 Å². The van der Waals surface area contributed by atoms with Gasteiger partial charge >= 0.3 is 0 Å². The van der Waals surface area contributed by atoms with Crippen LogP contribution in [0.2, 0.25) is 0 Å². The first-order chi connectivity index (χ1) is 7.06. The van der Waals surface area contributed by atoms with Crippen LogP contribution in [0.4, 0.5) is 0 Å². The van der Waals surface area contributed by atoms with E-state index in [4.69, 9.17) is 10.5 Å². The molecule has 0 aliphatic heterocycles. The third-order valence-electron chi connectivity index (χ3n) is 1.98. The largest absolute Gasteiger partial charge is 0.377 e. The Kier molecular flexibility index (Phi) is 8.33. The molecular formula is C11H24N2O2. The van der Waals surface area contributed by atoms with Gasteiger partial charge in [0, 0.05) is 19.0 Å². The third kappa shape index (κ3) is 9.69. The highest BCUT2D eigenvalue weighted by molar-refractivity contribution is 5.76. The highest BCUT2D eigenvalue weighted by Gasteiger charge is 2.07. The van der Waals surface area contributed by atoms with Crippen molar-refractivity contribution in [1.29, 1.82) is 0 Å². The molecule has 0 saturated carbocycles. The summed E-state index contributed by atoms with van der Waals surface area (Å²) in [4.78, 5) is 11.3. The molecule has 0 aromatic carbocycles. The highest BCUT2D eigenvalue weighted by Crippen LogP contribution is 1.97. The highest BCUT2D eigenvalue weighted by atomic mass is 16.5. The minimum Gasteiger partial charge on any atom is -0.377 e. The molecule has 1 unspecified atom stereocenters. The molecule has 1 amide bonds. The van der Waals surface area contributed by atoms with E-state index in [0.29, 0.717) is 19.6 Å². The van der Waals surface area contributed by atoms with Gasteiger partial charge in [0.05, 0.1) is 12.7 Å². The van der Waals surface area contributed by atoms with Crippen LogP contribution in [0.3, 0.4) is 0 Å². The zero-order valence-corrected chi connectivity index (χ0v) is 10.1. The van der Waals surface area contributed by atoms with E-state index >= 15 is 0 Å². The molecule has 3 N–H and O–H groups in total. The van der Waals surface area contributed by atoms with Gasteiger partial charge in [-0.1, -0.05) is 13.3 Å². The van der Waals surface area contributed by atoms with Crippen LogP contribution in [0.25, 0.3) is 0 Å². The predicted octanol–water partition coefficient (Wildman–Crippen LogP) is 1.05. The number of rotatable bonds is 8. The molecule has 0 radical (unpaired) electrons. The Hall–Kier alpha value is -0.610. The minimum absolute atomic E-state index is 0.0129. The van der Waals surface area contributed by atoms with E-state index in [2.05, 4.69) is 12.2 Å². The van der Waals surface area contributed by atoms with Crippen LogP contribution in [0.5, 0.6) is 0 Å². The molecular weight excluding hydrogens is 192 g/mol. The summed E-state index contributed by atoms with van der Waals surface area (Å²) >= 11 is 0. The Morgan fingerprint density at radius 3 is 2.67 bits per heavy atom. The molecule has 0 fully saturated rings. The maximum absolute atomic E-state index is 11.3. The summed E-state index contributed by atoms with van der Waals surface area (Å²) in [5.41, 5.74) is 5.75. The van der Waals surface area contributed by atoms with Gasteiger partial charge in [-0.25, -0.2) is 0 Å². The Morgan fingerprint density at radius 1 is 1.47 bits per heavy atom. The number of carbonyl (C=O) groups excluding carboxylic acids is 1. The average Bonchev–Trinajstić information content (AvgIpc) is 2.12. The number of nitrogens with one attached hydrogen (secondary N) is 1. The fourth-order valence-electron chi connectivity index (χ4n) is 1.27.